The molecule has 2 fully saturated rings. The lowest BCUT2D eigenvalue weighted by molar-refractivity contribution is 0.201. The number of halogens is 2. The van der Waals surface area contributed by atoms with Crippen LogP contribution >= 0.6 is 12.4 Å². The molecular weight excluding hydrogens is 279 g/mol. The molecule has 20 heavy (non-hydrogen) atoms. The number of nitrogens with zero attached hydrogens (tertiary/aromatic N) is 1. The van der Waals surface area contributed by atoms with E-state index in [2.05, 4.69) is 10.2 Å². The van der Waals surface area contributed by atoms with Crippen LogP contribution in [-0.4, -0.2) is 43.2 Å². The number of hydrogen-bond acceptors (Lipinski definition) is 3. The molecule has 5 heteroatoms. The van der Waals surface area contributed by atoms with Crippen LogP contribution in [0.3, 0.4) is 0 Å². The zero-order chi connectivity index (χ0) is 13.1. The summed E-state index contributed by atoms with van der Waals surface area (Å²) in [6.07, 6.45) is 3.89. The minimum Gasteiger partial charge on any atom is -0.492 e. The van der Waals surface area contributed by atoms with Gasteiger partial charge in [-0.15, -0.1) is 12.4 Å². The van der Waals surface area contributed by atoms with E-state index in [9.17, 15) is 4.39 Å². The van der Waals surface area contributed by atoms with Gasteiger partial charge in [-0.25, -0.2) is 4.39 Å². The molecule has 112 valence electrons. The van der Waals surface area contributed by atoms with Crippen molar-refractivity contribution in [3.63, 3.8) is 0 Å². The molecule has 2 aliphatic rings. The van der Waals surface area contributed by atoms with E-state index < -0.39 is 0 Å². The first-order valence-electron chi connectivity index (χ1n) is 7.16. The second kappa shape index (κ2) is 7.25. The molecular formula is C15H22ClFN2O. The summed E-state index contributed by atoms with van der Waals surface area (Å²) >= 11 is 0. The van der Waals surface area contributed by atoms with Gasteiger partial charge >= 0.3 is 0 Å². The highest BCUT2D eigenvalue weighted by molar-refractivity contribution is 5.85. The average molecular weight is 301 g/mol. The number of nitrogens with one attached hydrogen (secondary N) is 1. The van der Waals surface area contributed by atoms with Gasteiger partial charge in [-0.3, -0.25) is 4.90 Å². The predicted molar refractivity (Wildman–Crippen MR) is 80.1 cm³/mol. The molecule has 2 saturated heterocycles. The molecule has 0 saturated carbocycles. The van der Waals surface area contributed by atoms with E-state index in [-0.39, 0.29) is 18.2 Å². The van der Waals surface area contributed by atoms with Crippen LogP contribution in [0.5, 0.6) is 5.75 Å². The molecule has 1 aromatic rings. The summed E-state index contributed by atoms with van der Waals surface area (Å²) in [6, 6.07) is 7.63. The summed E-state index contributed by atoms with van der Waals surface area (Å²) in [5.41, 5.74) is 0. The van der Waals surface area contributed by atoms with Crippen LogP contribution in [0.2, 0.25) is 0 Å². The number of rotatable bonds is 4. The van der Waals surface area contributed by atoms with Gasteiger partial charge in [-0.05, 0) is 50.1 Å². The molecule has 3 rings (SSSR count). The van der Waals surface area contributed by atoms with Crippen molar-refractivity contribution in [2.45, 2.75) is 31.3 Å². The maximum absolute atomic E-state index is 12.8. The topological polar surface area (TPSA) is 24.5 Å². The summed E-state index contributed by atoms with van der Waals surface area (Å²) in [7, 11) is 0. The Bertz CT molecular complexity index is 415. The van der Waals surface area contributed by atoms with Crippen molar-refractivity contribution in [1.82, 2.24) is 10.2 Å². The third-order valence-corrected chi connectivity index (χ3v) is 4.10. The van der Waals surface area contributed by atoms with Crippen LogP contribution in [0.4, 0.5) is 4.39 Å². The van der Waals surface area contributed by atoms with Gasteiger partial charge in [0.25, 0.3) is 0 Å². The van der Waals surface area contributed by atoms with Crippen LogP contribution in [-0.2, 0) is 0 Å². The minimum atomic E-state index is -0.220. The highest BCUT2D eigenvalue weighted by Crippen LogP contribution is 2.20. The molecule has 0 aliphatic carbocycles. The maximum atomic E-state index is 12.8. The third-order valence-electron chi connectivity index (χ3n) is 4.10. The molecule has 2 atom stereocenters. The molecule has 0 spiro atoms. The first kappa shape index (κ1) is 15.5. The largest absolute Gasteiger partial charge is 0.492 e. The second-order valence-corrected chi connectivity index (χ2v) is 5.53. The van der Waals surface area contributed by atoms with Gasteiger partial charge in [-0.1, -0.05) is 0 Å². The van der Waals surface area contributed by atoms with Gasteiger partial charge in [0.15, 0.2) is 0 Å². The van der Waals surface area contributed by atoms with E-state index in [1.165, 1.54) is 31.4 Å². The zero-order valence-corrected chi connectivity index (χ0v) is 12.4. The van der Waals surface area contributed by atoms with Gasteiger partial charge in [0, 0.05) is 25.2 Å². The van der Waals surface area contributed by atoms with Gasteiger partial charge < -0.3 is 10.1 Å². The Balaban J connectivity index is 0.00000147. The summed E-state index contributed by atoms with van der Waals surface area (Å²) in [5, 5.41) is 3.67. The van der Waals surface area contributed by atoms with Gasteiger partial charge in [0.2, 0.25) is 0 Å². The molecule has 2 heterocycles. The minimum absolute atomic E-state index is 0. The van der Waals surface area contributed by atoms with Crippen molar-refractivity contribution in [2.75, 3.05) is 26.2 Å². The summed E-state index contributed by atoms with van der Waals surface area (Å²) in [6.45, 7) is 3.90. The quantitative estimate of drug-likeness (QED) is 0.924. The average Bonchev–Trinajstić information content (AvgIpc) is 2.74. The number of fused-ring (bicyclic) bond motifs is 2. The molecule has 2 aliphatic heterocycles. The molecule has 2 unspecified atom stereocenters. The van der Waals surface area contributed by atoms with E-state index >= 15 is 0 Å². The van der Waals surface area contributed by atoms with Crippen LogP contribution in [0.1, 0.15) is 19.3 Å². The van der Waals surface area contributed by atoms with E-state index in [0.29, 0.717) is 12.6 Å². The van der Waals surface area contributed by atoms with Crippen LogP contribution in [0.15, 0.2) is 24.3 Å². The van der Waals surface area contributed by atoms with Gasteiger partial charge in [0.05, 0.1) is 0 Å². The molecule has 0 aromatic heterocycles. The normalized spacial score (nSPS) is 25.9. The predicted octanol–water partition coefficient (Wildman–Crippen LogP) is 2.45. The Morgan fingerprint density at radius 1 is 1.15 bits per heavy atom. The lowest BCUT2D eigenvalue weighted by Gasteiger charge is -2.23. The monoisotopic (exact) mass is 300 g/mol. The molecule has 2 bridgehead atoms. The maximum Gasteiger partial charge on any atom is 0.123 e. The Morgan fingerprint density at radius 2 is 1.90 bits per heavy atom. The number of ether oxygens (including phenoxy) is 1. The number of likely N-dealkylation sites (tertiary alicyclic amines) is 1. The fraction of sp³-hybridized carbons (Fsp3) is 0.600. The first-order chi connectivity index (χ1) is 9.29. The first-order valence-corrected chi connectivity index (χ1v) is 7.16. The van der Waals surface area contributed by atoms with E-state index in [1.54, 1.807) is 12.1 Å². The standard InChI is InChI=1S/C15H21FN2O.ClH/c16-12-1-5-15(6-2-12)19-10-9-18-8-7-13-3-4-14(11-18)17-13;/h1-2,5-6,13-14,17H,3-4,7-11H2;1H. The fourth-order valence-electron chi connectivity index (χ4n) is 3.04. The highest BCUT2D eigenvalue weighted by atomic mass is 35.5. The lowest BCUT2D eigenvalue weighted by Crippen LogP contribution is -2.37. The SMILES string of the molecule is Cl.Fc1ccc(OCCN2CCC3CCC(C2)N3)cc1. The van der Waals surface area contributed by atoms with Crippen molar-refractivity contribution in [2.24, 2.45) is 0 Å². The Kier molecular flexibility index (Phi) is 5.64. The Labute approximate surface area is 125 Å². The Morgan fingerprint density at radius 3 is 2.70 bits per heavy atom. The van der Waals surface area contributed by atoms with E-state index in [1.807, 2.05) is 0 Å². The van der Waals surface area contributed by atoms with Crippen LogP contribution in [0.25, 0.3) is 0 Å². The van der Waals surface area contributed by atoms with Crippen molar-refractivity contribution < 1.29 is 9.13 Å². The fourth-order valence-corrected chi connectivity index (χ4v) is 3.04. The molecule has 0 amide bonds. The molecule has 3 nitrogen and oxygen atoms in total. The molecule has 1 N–H and O–H groups in total. The van der Waals surface area contributed by atoms with Crippen LogP contribution in [0, 0.1) is 5.82 Å². The molecule has 0 radical (unpaired) electrons. The highest BCUT2D eigenvalue weighted by Gasteiger charge is 2.28. The number of hydrogen-bond donors (Lipinski definition) is 1. The van der Waals surface area contributed by atoms with Crippen LogP contribution < -0.4 is 10.1 Å². The van der Waals surface area contributed by atoms with Gasteiger partial charge in [0.1, 0.15) is 18.2 Å². The second-order valence-electron chi connectivity index (χ2n) is 5.53. The smallest absolute Gasteiger partial charge is 0.123 e. The summed E-state index contributed by atoms with van der Waals surface area (Å²) in [5.74, 6) is 0.526. The summed E-state index contributed by atoms with van der Waals surface area (Å²) < 4.78 is 18.4. The lowest BCUT2D eigenvalue weighted by atomic mass is 10.1. The van der Waals surface area contributed by atoms with Gasteiger partial charge in [-0.2, -0.15) is 0 Å². The van der Waals surface area contributed by atoms with Crippen molar-refractivity contribution in [3.05, 3.63) is 30.1 Å². The van der Waals surface area contributed by atoms with Crippen molar-refractivity contribution in [1.29, 1.82) is 0 Å². The van der Waals surface area contributed by atoms with E-state index in [0.717, 1.165) is 31.4 Å². The third kappa shape index (κ3) is 4.08. The molecule has 1 aromatic carbocycles. The number of benzene rings is 1. The van der Waals surface area contributed by atoms with E-state index in [4.69, 9.17) is 4.74 Å². The van der Waals surface area contributed by atoms with Crippen molar-refractivity contribution >= 4 is 12.4 Å². The van der Waals surface area contributed by atoms with Crippen molar-refractivity contribution in [3.8, 4) is 5.75 Å². The zero-order valence-electron chi connectivity index (χ0n) is 11.6. The summed E-state index contributed by atoms with van der Waals surface area (Å²) in [4.78, 5) is 2.47. The Hall–Kier alpha value is -0.840.